The van der Waals surface area contributed by atoms with Crippen LogP contribution in [0.15, 0.2) is 48.9 Å². The summed E-state index contributed by atoms with van der Waals surface area (Å²) in [5.41, 5.74) is 2.58. The van der Waals surface area contributed by atoms with Gasteiger partial charge in [-0.25, -0.2) is 19.2 Å². The maximum absolute atomic E-state index is 13.2. The fourth-order valence-electron chi connectivity index (χ4n) is 3.34. The molecule has 1 aliphatic rings. The first-order chi connectivity index (χ1) is 14.1. The van der Waals surface area contributed by atoms with Gasteiger partial charge in [0, 0.05) is 50.6 Å². The first-order valence-corrected chi connectivity index (χ1v) is 9.51. The topological polar surface area (TPSA) is 83.9 Å². The summed E-state index contributed by atoms with van der Waals surface area (Å²) >= 11 is 0. The molecule has 7 nitrogen and oxygen atoms in total. The molecule has 1 aromatic carbocycles. The first kappa shape index (κ1) is 18.9. The molecule has 1 fully saturated rings. The van der Waals surface area contributed by atoms with Gasteiger partial charge in [0.05, 0.1) is 11.4 Å². The molecule has 0 saturated carbocycles. The SMILES string of the molecule is C[C@H](Cc1nc(Cc2cnccn2)cc(N2CCNC2=O)n1)c1ccc(F)cc1. The zero-order valence-corrected chi connectivity index (χ0v) is 16.0. The summed E-state index contributed by atoms with van der Waals surface area (Å²) in [7, 11) is 0. The van der Waals surface area contributed by atoms with E-state index in [-0.39, 0.29) is 17.8 Å². The van der Waals surface area contributed by atoms with Crippen LogP contribution >= 0.6 is 0 Å². The van der Waals surface area contributed by atoms with E-state index >= 15 is 0 Å². The van der Waals surface area contributed by atoms with Crippen LogP contribution in [0, 0.1) is 5.82 Å². The van der Waals surface area contributed by atoms with Crippen molar-refractivity contribution in [3.8, 4) is 0 Å². The number of rotatable bonds is 6. The highest BCUT2D eigenvalue weighted by atomic mass is 19.1. The van der Waals surface area contributed by atoms with E-state index in [1.54, 1.807) is 35.6 Å². The van der Waals surface area contributed by atoms with Gasteiger partial charge in [-0.15, -0.1) is 0 Å². The zero-order chi connectivity index (χ0) is 20.2. The van der Waals surface area contributed by atoms with Gasteiger partial charge in [0.2, 0.25) is 0 Å². The fraction of sp³-hybridized carbons (Fsp3) is 0.286. The van der Waals surface area contributed by atoms with Crippen molar-refractivity contribution in [3.05, 3.63) is 77.5 Å². The van der Waals surface area contributed by atoms with Crippen LogP contribution in [0.2, 0.25) is 0 Å². The average Bonchev–Trinajstić information content (AvgIpc) is 3.15. The molecule has 1 atom stereocenters. The minimum Gasteiger partial charge on any atom is -0.336 e. The summed E-state index contributed by atoms with van der Waals surface area (Å²) in [4.78, 5) is 31.5. The molecular formula is C21H21FN6O. The molecule has 29 heavy (non-hydrogen) atoms. The Kier molecular flexibility index (Phi) is 5.41. The van der Waals surface area contributed by atoms with Crippen LogP contribution in [0.5, 0.6) is 0 Å². The molecule has 2 aromatic heterocycles. The summed E-state index contributed by atoms with van der Waals surface area (Å²) in [5, 5.41) is 2.80. The van der Waals surface area contributed by atoms with Crippen molar-refractivity contribution in [3.63, 3.8) is 0 Å². The van der Waals surface area contributed by atoms with Crippen molar-refractivity contribution in [2.24, 2.45) is 0 Å². The van der Waals surface area contributed by atoms with Crippen molar-refractivity contribution in [1.29, 1.82) is 0 Å². The monoisotopic (exact) mass is 392 g/mol. The summed E-state index contributed by atoms with van der Waals surface area (Å²) in [6.07, 6.45) is 6.03. The van der Waals surface area contributed by atoms with Gasteiger partial charge < -0.3 is 5.32 Å². The second-order valence-electron chi connectivity index (χ2n) is 7.05. The lowest BCUT2D eigenvalue weighted by molar-refractivity contribution is 0.252. The average molecular weight is 392 g/mol. The number of urea groups is 1. The number of amides is 2. The minimum atomic E-state index is -0.259. The molecule has 3 heterocycles. The first-order valence-electron chi connectivity index (χ1n) is 9.51. The molecule has 0 aliphatic carbocycles. The lowest BCUT2D eigenvalue weighted by Crippen LogP contribution is -2.29. The van der Waals surface area contributed by atoms with Crippen LogP contribution in [0.4, 0.5) is 15.0 Å². The number of nitrogens with zero attached hydrogens (tertiary/aromatic N) is 5. The Labute approximate surface area is 168 Å². The van der Waals surface area contributed by atoms with E-state index in [1.807, 2.05) is 13.0 Å². The van der Waals surface area contributed by atoms with E-state index in [4.69, 9.17) is 4.98 Å². The third kappa shape index (κ3) is 4.53. The number of anilines is 1. The predicted octanol–water partition coefficient (Wildman–Crippen LogP) is 2.87. The van der Waals surface area contributed by atoms with Crippen molar-refractivity contribution < 1.29 is 9.18 Å². The molecule has 0 spiro atoms. The third-order valence-electron chi connectivity index (χ3n) is 4.85. The van der Waals surface area contributed by atoms with Gasteiger partial charge in [0.15, 0.2) is 0 Å². The van der Waals surface area contributed by atoms with Gasteiger partial charge in [0.1, 0.15) is 17.5 Å². The number of benzene rings is 1. The standard InChI is InChI=1S/C21H21FN6O/c1-14(15-2-4-16(22)5-3-15)10-19-26-17(11-18-13-23-6-7-24-18)12-20(27-19)28-9-8-25-21(28)29/h2-7,12-14H,8-11H2,1H3,(H,25,29)/t14-/m1/s1. The number of nitrogens with one attached hydrogen (secondary N) is 1. The molecule has 4 rings (SSSR count). The number of halogens is 1. The second kappa shape index (κ2) is 8.30. The molecule has 1 saturated heterocycles. The summed E-state index contributed by atoms with van der Waals surface area (Å²) in [5.74, 6) is 1.06. The van der Waals surface area contributed by atoms with Crippen LogP contribution < -0.4 is 10.2 Å². The van der Waals surface area contributed by atoms with Gasteiger partial charge in [0.25, 0.3) is 0 Å². The Balaban J connectivity index is 1.63. The molecular weight excluding hydrogens is 371 g/mol. The number of carbonyl (C=O) groups is 1. The molecule has 2 amide bonds. The Bertz CT molecular complexity index is 996. The van der Waals surface area contributed by atoms with E-state index in [0.29, 0.717) is 37.6 Å². The zero-order valence-electron chi connectivity index (χ0n) is 16.0. The van der Waals surface area contributed by atoms with Crippen molar-refractivity contribution in [1.82, 2.24) is 25.3 Å². The van der Waals surface area contributed by atoms with E-state index in [1.165, 1.54) is 12.1 Å². The molecule has 0 radical (unpaired) electrons. The smallest absolute Gasteiger partial charge is 0.323 e. The highest BCUT2D eigenvalue weighted by Crippen LogP contribution is 2.22. The van der Waals surface area contributed by atoms with Crippen molar-refractivity contribution in [2.75, 3.05) is 18.0 Å². The normalized spacial score (nSPS) is 14.7. The Morgan fingerprint density at radius 2 is 2.00 bits per heavy atom. The Morgan fingerprint density at radius 1 is 1.17 bits per heavy atom. The van der Waals surface area contributed by atoms with Gasteiger partial charge in [-0.1, -0.05) is 19.1 Å². The maximum atomic E-state index is 13.2. The Hall–Kier alpha value is -3.42. The van der Waals surface area contributed by atoms with Gasteiger partial charge in [-0.2, -0.15) is 0 Å². The van der Waals surface area contributed by atoms with Crippen LogP contribution in [0.25, 0.3) is 0 Å². The van der Waals surface area contributed by atoms with Gasteiger partial charge in [-0.3, -0.25) is 14.9 Å². The molecule has 1 N–H and O–H groups in total. The number of carbonyl (C=O) groups excluding carboxylic acids is 1. The minimum absolute atomic E-state index is 0.0996. The van der Waals surface area contributed by atoms with E-state index in [2.05, 4.69) is 20.3 Å². The number of hydrogen-bond acceptors (Lipinski definition) is 5. The van der Waals surface area contributed by atoms with Gasteiger partial charge in [-0.05, 0) is 23.6 Å². The molecule has 148 valence electrons. The Morgan fingerprint density at radius 3 is 2.69 bits per heavy atom. The van der Waals surface area contributed by atoms with Crippen LogP contribution in [-0.2, 0) is 12.8 Å². The quantitative estimate of drug-likeness (QED) is 0.697. The maximum Gasteiger partial charge on any atom is 0.323 e. The molecule has 0 bridgehead atoms. The van der Waals surface area contributed by atoms with E-state index in [0.717, 1.165) is 17.0 Å². The number of hydrogen-bond donors (Lipinski definition) is 1. The summed E-state index contributed by atoms with van der Waals surface area (Å²) < 4.78 is 13.2. The van der Waals surface area contributed by atoms with Gasteiger partial charge >= 0.3 is 6.03 Å². The molecule has 1 aliphatic heterocycles. The molecule has 3 aromatic rings. The molecule has 8 heteroatoms. The van der Waals surface area contributed by atoms with Crippen molar-refractivity contribution in [2.45, 2.75) is 25.7 Å². The van der Waals surface area contributed by atoms with Crippen LogP contribution in [-0.4, -0.2) is 39.1 Å². The van der Waals surface area contributed by atoms with Crippen LogP contribution in [0.3, 0.4) is 0 Å². The van der Waals surface area contributed by atoms with E-state index in [9.17, 15) is 9.18 Å². The second-order valence-corrected chi connectivity index (χ2v) is 7.05. The van der Waals surface area contributed by atoms with Crippen LogP contribution in [0.1, 0.15) is 35.6 Å². The van der Waals surface area contributed by atoms with Crippen molar-refractivity contribution >= 4 is 11.8 Å². The summed E-state index contributed by atoms with van der Waals surface area (Å²) in [6, 6.07) is 8.13. The lowest BCUT2D eigenvalue weighted by atomic mass is 9.97. The predicted molar refractivity (Wildman–Crippen MR) is 106 cm³/mol. The highest BCUT2D eigenvalue weighted by molar-refractivity contribution is 5.93. The number of aromatic nitrogens is 4. The fourth-order valence-corrected chi connectivity index (χ4v) is 3.34. The largest absolute Gasteiger partial charge is 0.336 e. The highest BCUT2D eigenvalue weighted by Gasteiger charge is 2.24. The molecule has 0 unspecified atom stereocenters. The summed E-state index contributed by atoms with van der Waals surface area (Å²) in [6.45, 7) is 3.20. The lowest BCUT2D eigenvalue weighted by Gasteiger charge is -2.17. The third-order valence-corrected chi connectivity index (χ3v) is 4.85. The van der Waals surface area contributed by atoms with E-state index < -0.39 is 0 Å².